The van der Waals surface area contributed by atoms with E-state index in [1.54, 1.807) is 0 Å². The van der Waals surface area contributed by atoms with E-state index in [1.807, 2.05) is 0 Å². The molecule has 0 aromatic heterocycles. The third-order valence-corrected chi connectivity index (χ3v) is 2.93. The van der Waals surface area contributed by atoms with Gasteiger partial charge in [0.25, 0.3) is 0 Å². The Morgan fingerprint density at radius 1 is 0.929 bits per heavy atom. The van der Waals surface area contributed by atoms with Crippen molar-refractivity contribution in [1.29, 1.82) is 0 Å². The van der Waals surface area contributed by atoms with E-state index in [-0.39, 0.29) is 0 Å². The number of hydrogen-bond donors (Lipinski definition) is 1. The minimum Gasteiger partial charge on any atom is -0.314 e. The highest BCUT2D eigenvalue weighted by atomic mass is 15.2. The van der Waals surface area contributed by atoms with Gasteiger partial charge >= 0.3 is 0 Å². The molecule has 0 aromatic rings. The molecule has 1 aliphatic heterocycles. The molecule has 0 spiro atoms. The summed E-state index contributed by atoms with van der Waals surface area (Å²) in [6, 6.07) is 0. The molecule has 14 heavy (non-hydrogen) atoms. The van der Waals surface area contributed by atoms with Gasteiger partial charge in [0.15, 0.2) is 0 Å². The van der Waals surface area contributed by atoms with Gasteiger partial charge in [0.05, 0.1) is 0 Å². The maximum absolute atomic E-state index is 3.50. The van der Waals surface area contributed by atoms with E-state index in [0.717, 1.165) is 13.1 Å². The summed E-state index contributed by atoms with van der Waals surface area (Å²) >= 11 is 0. The van der Waals surface area contributed by atoms with Gasteiger partial charge in [-0.15, -0.1) is 0 Å². The van der Waals surface area contributed by atoms with Crippen molar-refractivity contribution in [2.75, 3.05) is 52.4 Å². The summed E-state index contributed by atoms with van der Waals surface area (Å²) in [5.74, 6) is 0. The Morgan fingerprint density at radius 2 is 1.57 bits per heavy atom. The molecule has 0 radical (unpaired) electrons. The van der Waals surface area contributed by atoms with Gasteiger partial charge in [0.2, 0.25) is 0 Å². The average Bonchev–Trinajstić information content (AvgIpc) is 2.31. The zero-order chi connectivity index (χ0) is 10.2. The highest BCUT2D eigenvalue weighted by Gasteiger charge is 2.09. The van der Waals surface area contributed by atoms with Crippen molar-refractivity contribution < 1.29 is 0 Å². The lowest BCUT2D eigenvalue weighted by molar-refractivity contribution is 0.225. The number of nitrogens with one attached hydrogen (secondary N) is 1. The molecule has 1 N–H and O–H groups in total. The van der Waals surface area contributed by atoms with Crippen molar-refractivity contribution in [3.63, 3.8) is 0 Å². The zero-order valence-electron chi connectivity index (χ0n) is 9.76. The summed E-state index contributed by atoms with van der Waals surface area (Å²) in [7, 11) is 0. The van der Waals surface area contributed by atoms with E-state index in [1.165, 1.54) is 45.7 Å². The Labute approximate surface area is 88.5 Å². The molecule has 3 nitrogen and oxygen atoms in total. The van der Waals surface area contributed by atoms with E-state index in [9.17, 15) is 0 Å². The van der Waals surface area contributed by atoms with E-state index in [0.29, 0.717) is 0 Å². The number of hydrogen-bond acceptors (Lipinski definition) is 3. The molecule has 1 saturated heterocycles. The first-order chi connectivity index (χ1) is 6.86. The van der Waals surface area contributed by atoms with Crippen molar-refractivity contribution in [2.45, 2.75) is 20.3 Å². The average molecular weight is 199 g/mol. The molecule has 0 aromatic carbocycles. The zero-order valence-corrected chi connectivity index (χ0v) is 9.76. The normalized spacial score (nSPS) is 22.7. The second-order valence-electron chi connectivity index (χ2n) is 4.03. The van der Waals surface area contributed by atoms with Gasteiger partial charge in [0.1, 0.15) is 0 Å². The Balaban J connectivity index is 2.32. The van der Waals surface area contributed by atoms with Gasteiger partial charge < -0.3 is 15.1 Å². The molecule has 0 aliphatic carbocycles. The summed E-state index contributed by atoms with van der Waals surface area (Å²) < 4.78 is 0. The number of rotatable bonds is 3. The van der Waals surface area contributed by atoms with Gasteiger partial charge in [-0.3, -0.25) is 0 Å². The van der Waals surface area contributed by atoms with Gasteiger partial charge in [-0.05, 0) is 19.5 Å². The molecule has 1 rings (SSSR count). The van der Waals surface area contributed by atoms with E-state index < -0.39 is 0 Å². The SMILES string of the molecule is CCCN1CCNCCN(CC)CC1. The molecule has 0 atom stereocenters. The molecule has 0 unspecified atom stereocenters. The van der Waals surface area contributed by atoms with Gasteiger partial charge in [-0.2, -0.15) is 0 Å². The van der Waals surface area contributed by atoms with Crippen LogP contribution in [-0.4, -0.2) is 62.2 Å². The summed E-state index contributed by atoms with van der Waals surface area (Å²) in [6.07, 6.45) is 1.27. The van der Waals surface area contributed by atoms with Crippen LogP contribution in [0.2, 0.25) is 0 Å². The standard InChI is InChI=1S/C11H25N3/c1-3-7-14-9-6-12-5-8-13(4-2)10-11-14/h12H,3-11H2,1-2H3. The van der Waals surface area contributed by atoms with Crippen molar-refractivity contribution in [1.82, 2.24) is 15.1 Å². The lowest BCUT2D eigenvalue weighted by Crippen LogP contribution is -2.36. The Bertz CT molecular complexity index is 138. The predicted molar refractivity (Wildman–Crippen MR) is 61.7 cm³/mol. The summed E-state index contributed by atoms with van der Waals surface area (Å²) in [4.78, 5) is 5.10. The molecule has 1 aliphatic rings. The summed E-state index contributed by atoms with van der Waals surface area (Å²) in [6.45, 7) is 14.1. The fourth-order valence-corrected chi connectivity index (χ4v) is 1.96. The Morgan fingerprint density at radius 3 is 2.21 bits per heavy atom. The number of nitrogens with zero attached hydrogens (tertiary/aromatic N) is 2. The fraction of sp³-hybridized carbons (Fsp3) is 1.00. The van der Waals surface area contributed by atoms with Gasteiger partial charge in [-0.1, -0.05) is 13.8 Å². The first-order valence-electron chi connectivity index (χ1n) is 6.02. The fourth-order valence-electron chi connectivity index (χ4n) is 1.96. The highest BCUT2D eigenvalue weighted by molar-refractivity contribution is 4.67. The van der Waals surface area contributed by atoms with Crippen LogP contribution < -0.4 is 5.32 Å². The van der Waals surface area contributed by atoms with Crippen LogP contribution in [0.1, 0.15) is 20.3 Å². The van der Waals surface area contributed by atoms with Crippen LogP contribution in [0.15, 0.2) is 0 Å². The molecular weight excluding hydrogens is 174 g/mol. The molecular formula is C11H25N3. The van der Waals surface area contributed by atoms with Gasteiger partial charge in [0, 0.05) is 39.3 Å². The lowest BCUT2D eigenvalue weighted by Gasteiger charge is -2.24. The largest absolute Gasteiger partial charge is 0.314 e. The Kier molecular flexibility index (Phi) is 6.15. The highest BCUT2D eigenvalue weighted by Crippen LogP contribution is 1.95. The minimum absolute atomic E-state index is 1.15. The van der Waals surface area contributed by atoms with E-state index in [2.05, 4.69) is 29.0 Å². The maximum Gasteiger partial charge on any atom is 0.0110 e. The smallest absolute Gasteiger partial charge is 0.0110 e. The molecule has 3 heteroatoms. The monoisotopic (exact) mass is 199 g/mol. The predicted octanol–water partition coefficient (Wildman–Crippen LogP) is 0.624. The lowest BCUT2D eigenvalue weighted by atomic mass is 10.3. The summed E-state index contributed by atoms with van der Waals surface area (Å²) in [5, 5.41) is 3.50. The summed E-state index contributed by atoms with van der Waals surface area (Å²) in [5.41, 5.74) is 0. The molecule has 0 amide bonds. The van der Waals surface area contributed by atoms with E-state index in [4.69, 9.17) is 0 Å². The molecule has 0 saturated carbocycles. The van der Waals surface area contributed by atoms with Crippen molar-refractivity contribution in [2.24, 2.45) is 0 Å². The third kappa shape index (κ3) is 4.40. The van der Waals surface area contributed by atoms with Crippen LogP contribution in [0, 0.1) is 0 Å². The maximum atomic E-state index is 3.50. The van der Waals surface area contributed by atoms with Gasteiger partial charge in [-0.25, -0.2) is 0 Å². The van der Waals surface area contributed by atoms with Crippen molar-refractivity contribution in [3.05, 3.63) is 0 Å². The molecule has 0 bridgehead atoms. The second kappa shape index (κ2) is 7.21. The van der Waals surface area contributed by atoms with Crippen LogP contribution >= 0.6 is 0 Å². The first-order valence-corrected chi connectivity index (χ1v) is 6.02. The van der Waals surface area contributed by atoms with Crippen LogP contribution in [0.5, 0.6) is 0 Å². The van der Waals surface area contributed by atoms with Crippen molar-refractivity contribution in [3.8, 4) is 0 Å². The van der Waals surface area contributed by atoms with Crippen LogP contribution in [0.3, 0.4) is 0 Å². The first kappa shape index (κ1) is 12.0. The van der Waals surface area contributed by atoms with E-state index >= 15 is 0 Å². The molecule has 1 fully saturated rings. The van der Waals surface area contributed by atoms with Crippen LogP contribution in [0.4, 0.5) is 0 Å². The molecule has 1 heterocycles. The third-order valence-electron chi connectivity index (χ3n) is 2.93. The minimum atomic E-state index is 1.15. The van der Waals surface area contributed by atoms with Crippen LogP contribution in [-0.2, 0) is 0 Å². The molecule has 84 valence electrons. The van der Waals surface area contributed by atoms with Crippen LogP contribution in [0.25, 0.3) is 0 Å². The Hall–Kier alpha value is -0.120. The topological polar surface area (TPSA) is 18.5 Å². The quantitative estimate of drug-likeness (QED) is 0.719. The van der Waals surface area contributed by atoms with Crippen molar-refractivity contribution >= 4 is 0 Å². The second-order valence-corrected chi connectivity index (χ2v) is 4.03. The number of likely N-dealkylation sites (N-methyl/N-ethyl adjacent to an activating group) is 1.